The van der Waals surface area contributed by atoms with Gasteiger partial charge in [0.15, 0.2) is 5.84 Å². The van der Waals surface area contributed by atoms with Crippen molar-refractivity contribution in [2.45, 2.75) is 38.5 Å². The molecule has 6 nitrogen and oxygen atoms in total. The number of benzene rings is 1. The maximum Gasteiger partial charge on any atom is 0.260 e. The Hall–Kier alpha value is -2.89. The van der Waals surface area contributed by atoms with Crippen LogP contribution in [0.25, 0.3) is 0 Å². The maximum atomic E-state index is 12.7. The number of nitrogens with zero attached hydrogens (tertiary/aromatic N) is 4. The summed E-state index contributed by atoms with van der Waals surface area (Å²) in [4.78, 5) is 21.5. The molecule has 1 aromatic carbocycles. The Morgan fingerprint density at radius 3 is 2.88 bits per heavy atom. The predicted molar refractivity (Wildman–Crippen MR) is 95.2 cm³/mol. The monoisotopic (exact) mass is 333 g/mol. The van der Waals surface area contributed by atoms with Crippen LogP contribution >= 0.6 is 0 Å². The van der Waals surface area contributed by atoms with Crippen molar-refractivity contribution in [3.8, 4) is 0 Å². The molecule has 6 heteroatoms. The molecule has 2 atom stereocenters. The van der Waals surface area contributed by atoms with Crippen LogP contribution in [0.1, 0.15) is 41.4 Å². The van der Waals surface area contributed by atoms with Crippen LogP contribution in [-0.4, -0.2) is 33.8 Å². The van der Waals surface area contributed by atoms with E-state index in [1.807, 2.05) is 42.5 Å². The first-order chi connectivity index (χ1) is 12.2. The number of hydrazone groups is 1. The van der Waals surface area contributed by atoms with Gasteiger partial charge in [-0.1, -0.05) is 24.3 Å². The number of carbonyl (C=O) groups excluding carboxylic acids is 1. The lowest BCUT2D eigenvalue weighted by Gasteiger charge is -2.24. The van der Waals surface area contributed by atoms with Crippen LogP contribution < -0.4 is 10.3 Å². The summed E-state index contributed by atoms with van der Waals surface area (Å²) in [6.07, 6.45) is 2.51. The first-order valence-electron chi connectivity index (χ1n) is 8.71. The molecule has 0 saturated carbocycles. The van der Waals surface area contributed by atoms with Crippen molar-refractivity contribution in [2.75, 3.05) is 4.90 Å². The number of hydrogen-bond donors (Lipinski definition) is 1. The molecule has 25 heavy (non-hydrogen) atoms. The van der Waals surface area contributed by atoms with E-state index in [4.69, 9.17) is 4.98 Å². The number of pyridine rings is 1. The van der Waals surface area contributed by atoms with E-state index in [1.165, 1.54) is 0 Å². The van der Waals surface area contributed by atoms with Gasteiger partial charge in [0.1, 0.15) is 17.7 Å². The second kappa shape index (κ2) is 5.31. The highest BCUT2D eigenvalue weighted by atomic mass is 16.2. The highest BCUT2D eigenvalue weighted by Gasteiger charge is 2.38. The van der Waals surface area contributed by atoms with E-state index in [9.17, 15) is 4.79 Å². The first-order valence-corrected chi connectivity index (χ1v) is 8.71. The van der Waals surface area contributed by atoms with Crippen LogP contribution in [-0.2, 0) is 6.54 Å². The molecule has 1 saturated heterocycles. The van der Waals surface area contributed by atoms with Gasteiger partial charge in [0, 0.05) is 11.6 Å². The van der Waals surface area contributed by atoms with Gasteiger partial charge in [-0.05, 0) is 43.5 Å². The Morgan fingerprint density at radius 1 is 1.12 bits per heavy atom. The van der Waals surface area contributed by atoms with Crippen molar-refractivity contribution < 1.29 is 4.79 Å². The third-order valence-corrected chi connectivity index (χ3v) is 5.29. The molecule has 2 aromatic rings. The van der Waals surface area contributed by atoms with E-state index in [1.54, 1.807) is 4.90 Å². The molecule has 0 bridgehead atoms. The third-order valence-electron chi connectivity index (χ3n) is 5.29. The summed E-state index contributed by atoms with van der Waals surface area (Å²) in [5.74, 6) is 1.57. The molecule has 0 aliphatic carbocycles. The Balaban J connectivity index is 1.48. The van der Waals surface area contributed by atoms with Gasteiger partial charge in [0.2, 0.25) is 0 Å². The normalized spacial score (nSPS) is 24.2. The molecule has 0 spiro atoms. The number of rotatable bonds is 2. The van der Waals surface area contributed by atoms with Crippen LogP contribution in [0, 0.1) is 0 Å². The topological polar surface area (TPSA) is 60.8 Å². The lowest BCUT2D eigenvalue weighted by atomic mass is 10.1. The van der Waals surface area contributed by atoms with Crippen molar-refractivity contribution in [3.05, 3.63) is 59.3 Å². The van der Waals surface area contributed by atoms with E-state index >= 15 is 0 Å². The average Bonchev–Trinajstić information content (AvgIpc) is 3.31. The van der Waals surface area contributed by atoms with Crippen molar-refractivity contribution in [3.63, 3.8) is 0 Å². The molecule has 0 radical (unpaired) electrons. The predicted octanol–water partition coefficient (Wildman–Crippen LogP) is 2.32. The largest absolute Gasteiger partial charge is 0.329 e. The van der Waals surface area contributed by atoms with Crippen molar-refractivity contribution in [2.24, 2.45) is 5.10 Å². The molecule has 0 unspecified atom stereocenters. The number of nitrogens with one attached hydrogen (secondary N) is 1. The lowest BCUT2D eigenvalue weighted by molar-refractivity contribution is 0.0996. The number of amides is 1. The van der Waals surface area contributed by atoms with Crippen LogP contribution in [0.5, 0.6) is 0 Å². The SMILES string of the molecule is C[C@@H]1CC[C@H]2NN=C(c3cccc(N4Cc5ccccc5C4=O)n3)N12. The lowest BCUT2D eigenvalue weighted by Crippen LogP contribution is -2.39. The summed E-state index contributed by atoms with van der Waals surface area (Å²) in [5, 5.41) is 4.49. The van der Waals surface area contributed by atoms with Gasteiger partial charge < -0.3 is 4.90 Å². The fourth-order valence-corrected chi connectivity index (χ4v) is 3.99. The molecule has 3 aliphatic rings. The Morgan fingerprint density at radius 2 is 2.00 bits per heavy atom. The van der Waals surface area contributed by atoms with Gasteiger partial charge in [-0.2, -0.15) is 5.10 Å². The van der Waals surface area contributed by atoms with Gasteiger partial charge in [0.25, 0.3) is 5.91 Å². The van der Waals surface area contributed by atoms with Crippen LogP contribution in [0.3, 0.4) is 0 Å². The molecule has 1 fully saturated rings. The van der Waals surface area contributed by atoms with Crippen LogP contribution in [0.4, 0.5) is 5.82 Å². The standard InChI is InChI=1S/C19H19N5O/c1-12-9-10-17-21-22-18(24(12)17)15-7-4-8-16(20-15)23-11-13-5-2-3-6-14(13)19(23)25/h2-8,12,17,21H,9-11H2,1H3/t12-,17+/m1/s1. The summed E-state index contributed by atoms with van der Waals surface area (Å²) < 4.78 is 0. The minimum atomic E-state index is 0.0131. The third kappa shape index (κ3) is 2.13. The quantitative estimate of drug-likeness (QED) is 0.916. The average molecular weight is 333 g/mol. The van der Waals surface area contributed by atoms with Crippen molar-refractivity contribution >= 4 is 17.6 Å². The molecule has 3 aliphatic heterocycles. The summed E-state index contributed by atoms with van der Waals surface area (Å²) in [6, 6.07) is 14.0. The highest BCUT2D eigenvalue weighted by molar-refractivity contribution is 6.09. The fraction of sp³-hybridized carbons (Fsp3) is 0.316. The molecule has 1 N–H and O–H groups in total. The van der Waals surface area contributed by atoms with Crippen LogP contribution in [0.15, 0.2) is 47.6 Å². The van der Waals surface area contributed by atoms with Gasteiger partial charge >= 0.3 is 0 Å². The highest BCUT2D eigenvalue weighted by Crippen LogP contribution is 2.30. The van der Waals surface area contributed by atoms with Gasteiger partial charge in [-0.25, -0.2) is 4.98 Å². The van der Waals surface area contributed by atoms with E-state index in [2.05, 4.69) is 22.4 Å². The number of aromatic nitrogens is 1. The second-order valence-electron chi connectivity index (χ2n) is 6.84. The fourth-order valence-electron chi connectivity index (χ4n) is 3.99. The molecule has 4 heterocycles. The van der Waals surface area contributed by atoms with E-state index in [0.717, 1.165) is 35.5 Å². The number of anilines is 1. The Labute approximate surface area is 146 Å². The Bertz CT molecular complexity index is 893. The maximum absolute atomic E-state index is 12.7. The number of hydrogen-bond acceptors (Lipinski definition) is 5. The van der Waals surface area contributed by atoms with E-state index in [0.29, 0.717) is 18.4 Å². The van der Waals surface area contributed by atoms with Gasteiger partial charge in [-0.15, -0.1) is 0 Å². The zero-order valence-corrected chi connectivity index (χ0v) is 14.0. The van der Waals surface area contributed by atoms with Gasteiger partial charge in [-0.3, -0.25) is 15.1 Å². The second-order valence-corrected chi connectivity index (χ2v) is 6.84. The van der Waals surface area contributed by atoms with Gasteiger partial charge in [0.05, 0.1) is 6.54 Å². The number of carbonyl (C=O) groups is 1. The summed E-state index contributed by atoms with van der Waals surface area (Å²) in [7, 11) is 0. The molecule has 1 amide bonds. The van der Waals surface area contributed by atoms with Crippen LogP contribution in [0.2, 0.25) is 0 Å². The molecular weight excluding hydrogens is 314 g/mol. The zero-order valence-electron chi connectivity index (χ0n) is 14.0. The number of fused-ring (bicyclic) bond motifs is 2. The zero-order chi connectivity index (χ0) is 17.0. The summed E-state index contributed by atoms with van der Waals surface area (Å²) in [6.45, 7) is 2.78. The summed E-state index contributed by atoms with van der Waals surface area (Å²) in [5.41, 5.74) is 5.83. The molecule has 126 valence electrons. The van der Waals surface area contributed by atoms with Crippen molar-refractivity contribution in [1.29, 1.82) is 0 Å². The van der Waals surface area contributed by atoms with E-state index < -0.39 is 0 Å². The molecular formula is C19H19N5O. The smallest absolute Gasteiger partial charge is 0.260 e. The summed E-state index contributed by atoms with van der Waals surface area (Å²) >= 11 is 0. The first kappa shape index (κ1) is 14.5. The molecule has 1 aromatic heterocycles. The minimum Gasteiger partial charge on any atom is -0.329 e. The Kier molecular flexibility index (Phi) is 3.07. The van der Waals surface area contributed by atoms with E-state index in [-0.39, 0.29) is 12.1 Å². The van der Waals surface area contributed by atoms with Crippen molar-refractivity contribution in [1.82, 2.24) is 15.3 Å². The molecule has 5 rings (SSSR count). The minimum absolute atomic E-state index is 0.0131. The number of amidine groups is 1.